The lowest BCUT2D eigenvalue weighted by molar-refractivity contribution is -0.139. The van der Waals surface area contributed by atoms with Crippen LogP contribution in [0.1, 0.15) is 17.5 Å². The Kier molecular flexibility index (Phi) is 8.42. The number of carboxylic acid groups (broad SMARTS) is 1. The second kappa shape index (κ2) is 10.8. The van der Waals surface area contributed by atoms with Gasteiger partial charge in [-0.1, -0.05) is 0 Å². The number of hydrogen-bond donors (Lipinski definition) is 1. The Morgan fingerprint density at radius 2 is 1.90 bits per heavy atom. The fourth-order valence-electron chi connectivity index (χ4n) is 2.48. The normalized spacial score (nSPS) is 12.1. The Labute approximate surface area is 176 Å². The van der Waals surface area contributed by atoms with Crippen molar-refractivity contribution in [3.63, 3.8) is 0 Å². The molecule has 0 bridgehead atoms. The molecule has 0 spiro atoms. The van der Waals surface area contributed by atoms with Crippen molar-refractivity contribution >= 4 is 17.7 Å². The highest BCUT2D eigenvalue weighted by molar-refractivity contribution is 7.99. The van der Waals surface area contributed by atoms with Crippen molar-refractivity contribution in [2.75, 3.05) is 19.0 Å². The van der Waals surface area contributed by atoms with Crippen LogP contribution in [0.5, 0.6) is 11.5 Å². The highest BCUT2D eigenvalue weighted by Crippen LogP contribution is 2.31. The number of alkyl halides is 3. The predicted molar refractivity (Wildman–Crippen MR) is 106 cm³/mol. The molecule has 9 heteroatoms. The zero-order chi connectivity index (χ0) is 22.1. The Morgan fingerprint density at radius 1 is 1.20 bits per heavy atom. The molecule has 1 unspecified atom stereocenters. The smallest absolute Gasteiger partial charge is 0.416 e. The van der Waals surface area contributed by atoms with Gasteiger partial charge in [-0.05, 0) is 55.0 Å². The first-order valence-corrected chi connectivity index (χ1v) is 9.92. The van der Waals surface area contributed by atoms with Gasteiger partial charge in [-0.15, -0.1) is 11.8 Å². The van der Waals surface area contributed by atoms with E-state index in [1.54, 1.807) is 12.1 Å². The van der Waals surface area contributed by atoms with Crippen LogP contribution in [0.3, 0.4) is 0 Å². The van der Waals surface area contributed by atoms with Gasteiger partial charge in [-0.2, -0.15) is 18.4 Å². The monoisotopic (exact) mass is 439 g/mol. The standard InChI is InChI=1S/C21H20F3NO4S/c1-14-10-18(6-7-19(14)29-12-20(26)27)30-13-15(8-9-25)11-28-17-4-2-16(3-5-17)21(22,23)24/h2-7,10,15H,8,11-13H2,1H3,(H,26,27). The molecule has 5 nitrogen and oxygen atoms in total. The first kappa shape index (κ1) is 23.4. The molecule has 2 aromatic carbocycles. The Hall–Kier alpha value is -2.86. The summed E-state index contributed by atoms with van der Waals surface area (Å²) in [6.45, 7) is 1.59. The van der Waals surface area contributed by atoms with E-state index >= 15 is 0 Å². The lowest BCUT2D eigenvalue weighted by atomic mass is 10.1. The van der Waals surface area contributed by atoms with Crippen LogP contribution < -0.4 is 9.47 Å². The van der Waals surface area contributed by atoms with E-state index in [1.165, 1.54) is 23.9 Å². The fraction of sp³-hybridized carbons (Fsp3) is 0.333. The van der Waals surface area contributed by atoms with Gasteiger partial charge in [0.05, 0.1) is 18.2 Å². The third-order valence-corrected chi connectivity index (χ3v) is 5.26. The van der Waals surface area contributed by atoms with Gasteiger partial charge in [-0.25, -0.2) is 4.79 Å². The molecule has 0 saturated carbocycles. The highest BCUT2D eigenvalue weighted by atomic mass is 32.2. The van der Waals surface area contributed by atoms with Crippen LogP contribution in [0.15, 0.2) is 47.4 Å². The summed E-state index contributed by atoms with van der Waals surface area (Å²) in [5.41, 5.74) is 0.0456. The summed E-state index contributed by atoms with van der Waals surface area (Å²) in [5.74, 6) is 0.196. The van der Waals surface area contributed by atoms with Gasteiger partial charge in [-0.3, -0.25) is 0 Å². The second-order valence-corrected chi connectivity index (χ2v) is 7.58. The molecule has 1 N–H and O–H groups in total. The first-order chi connectivity index (χ1) is 14.2. The van der Waals surface area contributed by atoms with Crippen molar-refractivity contribution < 1.29 is 32.5 Å². The Bertz CT molecular complexity index is 895. The molecule has 1 atom stereocenters. The average Bonchev–Trinajstić information content (AvgIpc) is 2.69. The minimum absolute atomic E-state index is 0.120. The molecule has 0 heterocycles. The summed E-state index contributed by atoms with van der Waals surface area (Å²) in [6.07, 6.45) is -4.16. The number of aliphatic carboxylic acids is 1. The molecule has 0 amide bonds. The number of rotatable bonds is 10. The number of nitriles is 1. The maximum absolute atomic E-state index is 12.6. The van der Waals surface area contributed by atoms with Crippen LogP contribution in [0, 0.1) is 24.2 Å². The summed E-state index contributed by atoms with van der Waals surface area (Å²) in [4.78, 5) is 11.5. The number of halogens is 3. The van der Waals surface area contributed by atoms with E-state index in [9.17, 15) is 18.0 Å². The third-order valence-electron chi connectivity index (χ3n) is 4.03. The number of ether oxygens (including phenoxy) is 2. The maximum Gasteiger partial charge on any atom is 0.416 e. The molecular weight excluding hydrogens is 419 g/mol. The number of benzene rings is 2. The SMILES string of the molecule is Cc1cc(SCC(CC#N)COc2ccc(C(F)(F)F)cc2)ccc1OCC(=O)O. The van der Waals surface area contributed by atoms with Gasteiger partial charge in [0.25, 0.3) is 0 Å². The van der Waals surface area contributed by atoms with Crippen LogP contribution >= 0.6 is 11.8 Å². The van der Waals surface area contributed by atoms with Crippen molar-refractivity contribution in [1.29, 1.82) is 5.26 Å². The summed E-state index contributed by atoms with van der Waals surface area (Å²) < 4.78 is 48.6. The first-order valence-electron chi connectivity index (χ1n) is 8.94. The number of aryl methyl sites for hydroxylation is 1. The number of nitrogens with zero attached hydrogens (tertiary/aromatic N) is 1. The number of hydrogen-bond acceptors (Lipinski definition) is 5. The molecule has 0 aliphatic rings. The van der Waals surface area contributed by atoms with Crippen LogP contribution in [-0.4, -0.2) is 30.0 Å². The van der Waals surface area contributed by atoms with Crippen molar-refractivity contribution in [3.8, 4) is 17.6 Å². The zero-order valence-corrected chi connectivity index (χ0v) is 16.9. The van der Waals surface area contributed by atoms with Crippen molar-refractivity contribution in [3.05, 3.63) is 53.6 Å². The molecule has 0 aromatic heterocycles. The summed E-state index contributed by atoms with van der Waals surface area (Å²) in [5, 5.41) is 17.7. The minimum Gasteiger partial charge on any atom is -0.493 e. The van der Waals surface area contributed by atoms with Gasteiger partial charge in [0.1, 0.15) is 11.5 Å². The maximum atomic E-state index is 12.6. The predicted octanol–water partition coefficient (Wildman–Crippen LogP) is 5.18. The molecule has 2 rings (SSSR count). The number of carboxylic acids is 1. The quantitative estimate of drug-likeness (QED) is 0.514. The van der Waals surface area contributed by atoms with Crippen molar-refractivity contribution in [1.82, 2.24) is 0 Å². The largest absolute Gasteiger partial charge is 0.493 e. The molecule has 0 saturated heterocycles. The summed E-state index contributed by atoms with van der Waals surface area (Å²) in [6, 6.07) is 11.9. The third kappa shape index (κ3) is 7.52. The zero-order valence-electron chi connectivity index (χ0n) is 16.1. The molecule has 0 aliphatic carbocycles. The van der Waals surface area contributed by atoms with Gasteiger partial charge < -0.3 is 14.6 Å². The van der Waals surface area contributed by atoms with Crippen LogP contribution in [0.2, 0.25) is 0 Å². The van der Waals surface area contributed by atoms with Gasteiger partial charge in [0, 0.05) is 23.0 Å². The Balaban J connectivity index is 1.90. The van der Waals surface area contributed by atoms with Crippen LogP contribution in [0.4, 0.5) is 13.2 Å². The summed E-state index contributed by atoms with van der Waals surface area (Å²) in [7, 11) is 0. The van der Waals surface area contributed by atoms with E-state index in [0.29, 0.717) is 17.3 Å². The summed E-state index contributed by atoms with van der Waals surface area (Å²) >= 11 is 1.50. The average molecular weight is 439 g/mol. The number of thioether (sulfide) groups is 1. The van der Waals surface area contributed by atoms with E-state index < -0.39 is 24.3 Å². The van der Waals surface area contributed by atoms with Crippen LogP contribution in [0.25, 0.3) is 0 Å². The highest BCUT2D eigenvalue weighted by Gasteiger charge is 2.30. The lowest BCUT2D eigenvalue weighted by Gasteiger charge is -2.16. The molecular formula is C21H20F3NO4S. The van der Waals surface area contributed by atoms with E-state index in [4.69, 9.17) is 19.8 Å². The van der Waals surface area contributed by atoms with Gasteiger partial charge in [0.15, 0.2) is 6.61 Å². The van der Waals surface area contributed by atoms with E-state index in [0.717, 1.165) is 22.6 Å². The molecule has 160 valence electrons. The molecule has 0 radical (unpaired) electrons. The van der Waals surface area contributed by atoms with Crippen molar-refractivity contribution in [2.24, 2.45) is 5.92 Å². The van der Waals surface area contributed by atoms with Crippen LogP contribution in [-0.2, 0) is 11.0 Å². The topological polar surface area (TPSA) is 79.5 Å². The molecule has 30 heavy (non-hydrogen) atoms. The lowest BCUT2D eigenvalue weighted by Crippen LogP contribution is -2.14. The van der Waals surface area contributed by atoms with E-state index in [1.807, 2.05) is 13.0 Å². The van der Waals surface area contributed by atoms with Gasteiger partial charge in [0.2, 0.25) is 0 Å². The van der Waals surface area contributed by atoms with E-state index in [-0.39, 0.29) is 18.9 Å². The van der Waals surface area contributed by atoms with Crippen molar-refractivity contribution in [2.45, 2.75) is 24.4 Å². The molecule has 2 aromatic rings. The Morgan fingerprint density at radius 3 is 2.47 bits per heavy atom. The minimum atomic E-state index is -4.40. The number of carbonyl (C=O) groups is 1. The molecule has 0 aliphatic heterocycles. The second-order valence-electron chi connectivity index (χ2n) is 6.48. The van der Waals surface area contributed by atoms with Gasteiger partial charge >= 0.3 is 12.1 Å². The fourth-order valence-corrected chi connectivity index (χ4v) is 3.54. The molecule has 0 fully saturated rings. The van der Waals surface area contributed by atoms with E-state index in [2.05, 4.69) is 6.07 Å².